The number of aromatic amines is 1. The average molecular weight is 617 g/mol. The molecule has 2 N–H and O–H groups in total. The van der Waals surface area contributed by atoms with Crippen molar-refractivity contribution in [3.05, 3.63) is 214 Å². The number of nitrogens with zero attached hydrogens (tertiary/aromatic N) is 2. The van der Waals surface area contributed by atoms with E-state index < -0.39 is 0 Å². The lowest BCUT2D eigenvalue weighted by atomic mass is 9.95. The Balaban J connectivity index is 1.38. The van der Waals surface area contributed by atoms with Gasteiger partial charge in [0.1, 0.15) is 0 Å². The van der Waals surface area contributed by atoms with Crippen molar-refractivity contribution < 1.29 is 0 Å². The first-order valence-electron chi connectivity index (χ1n) is 16.5. The van der Waals surface area contributed by atoms with E-state index in [-0.39, 0.29) is 6.04 Å². The molecule has 4 heteroatoms. The molecular formula is C44H32N4. The molecule has 0 amide bonds. The summed E-state index contributed by atoms with van der Waals surface area (Å²) in [5, 5.41) is 5.95. The van der Waals surface area contributed by atoms with Crippen LogP contribution >= 0.6 is 0 Å². The molecule has 0 saturated carbocycles. The van der Waals surface area contributed by atoms with Gasteiger partial charge in [-0.2, -0.15) is 0 Å². The van der Waals surface area contributed by atoms with Crippen LogP contribution in [0.5, 0.6) is 0 Å². The molecule has 4 nitrogen and oxygen atoms in total. The summed E-state index contributed by atoms with van der Waals surface area (Å²) in [6.07, 6.45) is 11.8. The van der Waals surface area contributed by atoms with Crippen LogP contribution in [0.4, 0.5) is 0 Å². The Labute approximate surface area is 279 Å². The van der Waals surface area contributed by atoms with E-state index in [1.807, 2.05) is 0 Å². The normalized spacial score (nSPS) is 18.2. The minimum absolute atomic E-state index is 0.0370. The lowest BCUT2D eigenvalue weighted by Gasteiger charge is -2.21. The molecule has 48 heavy (non-hydrogen) atoms. The zero-order chi connectivity index (χ0) is 31.9. The van der Waals surface area contributed by atoms with Crippen LogP contribution in [-0.2, 0) is 0 Å². The van der Waals surface area contributed by atoms with E-state index in [0.717, 1.165) is 84.6 Å². The van der Waals surface area contributed by atoms with E-state index in [1.165, 1.54) is 5.57 Å². The Morgan fingerprint density at radius 2 is 0.917 bits per heavy atom. The zero-order valence-corrected chi connectivity index (χ0v) is 26.3. The van der Waals surface area contributed by atoms with Crippen LogP contribution in [-0.4, -0.2) is 22.4 Å². The summed E-state index contributed by atoms with van der Waals surface area (Å²) in [6.45, 7) is 0. The second kappa shape index (κ2) is 11.8. The second-order valence-corrected chi connectivity index (χ2v) is 12.3. The number of aliphatic imine (C=N–C) groups is 2. The molecule has 1 atom stereocenters. The third kappa shape index (κ3) is 4.95. The number of benzene rings is 4. The number of H-pyrrole nitrogens is 1. The monoisotopic (exact) mass is 616 g/mol. The van der Waals surface area contributed by atoms with E-state index in [2.05, 4.69) is 174 Å². The molecule has 5 heterocycles. The smallest absolute Gasteiger partial charge is 0.0737 e. The van der Waals surface area contributed by atoms with Gasteiger partial charge in [-0.15, -0.1) is 0 Å². The Hall–Kier alpha value is -6.26. The molecule has 9 rings (SSSR count). The SMILES string of the molecule is C1=CC2=C(c3ccccc3)C3=CCC(N3)C(c3ccccc3)=C3C=CC(=N3)C(c3ccccc3)=c3ccc([nH]3)=C(c3ccccc3)C1=N2. The van der Waals surface area contributed by atoms with E-state index in [1.54, 1.807) is 0 Å². The van der Waals surface area contributed by atoms with Crippen LogP contribution in [0.3, 0.4) is 0 Å². The fraction of sp³-hybridized carbons (Fsp3) is 0.0455. The van der Waals surface area contributed by atoms with Crippen LogP contribution in [0.1, 0.15) is 28.7 Å². The number of hydrogen-bond donors (Lipinski definition) is 2. The minimum Gasteiger partial charge on any atom is -0.378 e. The van der Waals surface area contributed by atoms with Gasteiger partial charge in [0.2, 0.25) is 0 Å². The summed E-state index contributed by atoms with van der Waals surface area (Å²) in [4.78, 5) is 14.6. The molecule has 0 spiro atoms. The quantitative estimate of drug-likeness (QED) is 0.216. The van der Waals surface area contributed by atoms with Gasteiger partial charge in [0, 0.05) is 38.7 Å². The van der Waals surface area contributed by atoms with Crippen LogP contribution in [0, 0.1) is 0 Å². The predicted octanol–water partition coefficient (Wildman–Crippen LogP) is 7.52. The Kier molecular flexibility index (Phi) is 6.90. The van der Waals surface area contributed by atoms with Crippen molar-refractivity contribution in [1.29, 1.82) is 0 Å². The maximum absolute atomic E-state index is 5.39. The molecule has 0 aliphatic carbocycles. The molecule has 1 aromatic heterocycles. The Bertz CT molecular complexity index is 2400. The first kappa shape index (κ1) is 28.0. The van der Waals surface area contributed by atoms with Gasteiger partial charge in [-0.25, -0.2) is 9.98 Å². The van der Waals surface area contributed by atoms with E-state index >= 15 is 0 Å². The lowest BCUT2D eigenvalue weighted by molar-refractivity contribution is 0.759. The highest BCUT2D eigenvalue weighted by atomic mass is 15.0. The molecule has 5 aromatic rings. The lowest BCUT2D eigenvalue weighted by Crippen LogP contribution is -2.25. The van der Waals surface area contributed by atoms with Crippen molar-refractivity contribution >= 4 is 33.7 Å². The number of allylic oxidation sites excluding steroid dienone is 5. The highest BCUT2D eigenvalue weighted by molar-refractivity contribution is 6.31. The van der Waals surface area contributed by atoms with Gasteiger partial charge in [0.15, 0.2) is 0 Å². The third-order valence-electron chi connectivity index (χ3n) is 9.33. The molecular weight excluding hydrogens is 585 g/mol. The molecule has 8 bridgehead atoms. The molecule has 0 fully saturated rings. The van der Waals surface area contributed by atoms with Crippen molar-refractivity contribution in [1.82, 2.24) is 10.3 Å². The number of aromatic nitrogens is 1. The van der Waals surface area contributed by atoms with Gasteiger partial charge in [-0.3, -0.25) is 0 Å². The molecule has 0 radical (unpaired) electrons. The fourth-order valence-corrected chi connectivity index (χ4v) is 7.17. The average Bonchev–Trinajstić information content (AvgIpc) is 3.98. The molecule has 4 aromatic carbocycles. The Morgan fingerprint density at radius 3 is 1.46 bits per heavy atom. The van der Waals surface area contributed by atoms with Crippen LogP contribution in [0.2, 0.25) is 0 Å². The maximum atomic E-state index is 5.39. The third-order valence-corrected chi connectivity index (χ3v) is 9.33. The van der Waals surface area contributed by atoms with Crippen LogP contribution < -0.4 is 16.0 Å². The Morgan fingerprint density at radius 1 is 0.458 bits per heavy atom. The number of rotatable bonds is 4. The van der Waals surface area contributed by atoms with Crippen LogP contribution in [0.25, 0.3) is 22.3 Å². The largest absolute Gasteiger partial charge is 0.378 e. The number of nitrogens with one attached hydrogen (secondary N) is 2. The summed E-state index contributed by atoms with van der Waals surface area (Å²) in [5.74, 6) is 0. The summed E-state index contributed by atoms with van der Waals surface area (Å²) in [5.41, 5.74) is 13.8. The number of fused-ring (bicyclic) bond motifs is 6. The van der Waals surface area contributed by atoms with Gasteiger partial charge in [-0.1, -0.05) is 127 Å². The highest BCUT2D eigenvalue weighted by Crippen LogP contribution is 2.38. The fourth-order valence-electron chi connectivity index (χ4n) is 7.17. The zero-order valence-electron chi connectivity index (χ0n) is 26.3. The highest BCUT2D eigenvalue weighted by Gasteiger charge is 2.29. The van der Waals surface area contributed by atoms with Crippen LogP contribution in [0.15, 0.2) is 191 Å². The van der Waals surface area contributed by atoms with E-state index in [9.17, 15) is 0 Å². The van der Waals surface area contributed by atoms with E-state index in [4.69, 9.17) is 9.98 Å². The maximum Gasteiger partial charge on any atom is 0.0737 e. The molecule has 4 aliphatic rings. The first-order valence-corrected chi connectivity index (χ1v) is 16.5. The van der Waals surface area contributed by atoms with E-state index in [0.29, 0.717) is 0 Å². The van der Waals surface area contributed by atoms with Crippen molar-refractivity contribution in [2.45, 2.75) is 12.5 Å². The predicted molar refractivity (Wildman–Crippen MR) is 197 cm³/mol. The summed E-state index contributed by atoms with van der Waals surface area (Å²) < 4.78 is 0. The molecule has 228 valence electrons. The summed E-state index contributed by atoms with van der Waals surface area (Å²) in [6, 6.07) is 46.7. The van der Waals surface area contributed by atoms with Crippen molar-refractivity contribution in [3.8, 4) is 0 Å². The van der Waals surface area contributed by atoms with Crippen molar-refractivity contribution in [3.63, 3.8) is 0 Å². The van der Waals surface area contributed by atoms with Gasteiger partial charge in [0.05, 0.1) is 28.9 Å². The van der Waals surface area contributed by atoms with Gasteiger partial charge in [0.25, 0.3) is 0 Å². The molecule has 1 unspecified atom stereocenters. The molecule has 0 saturated heterocycles. The van der Waals surface area contributed by atoms with Crippen molar-refractivity contribution in [2.24, 2.45) is 9.98 Å². The number of hydrogen-bond acceptors (Lipinski definition) is 3. The topological polar surface area (TPSA) is 52.5 Å². The first-order chi connectivity index (χ1) is 23.8. The van der Waals surface area contributed by atoms with Gasteiger partial charge >= 0.3 is 0 Å². The molecule has 4 aliphatic heterocycles. The summed E-state index contributed by atoms with van der Waals surface area (Å²) >= 11 is 0. The van der Waals surface area contributed by atoms with Gasteiger partial charge in [-0.05, 0) is 65.1 Å². The standard InChI is InChI=1S/C44H32N4/c1-5-13-29(14-6-1)41-33-21-23-35(45-33)42(30-15-7-2-8-16-30)37-25-27-39(47-37)44(32-19-11-4-12-20-32)40-28-26-38(48-40)43(31-17-9-3-10-18-31)36-24-22-34(41)46-36/h1-27,40,45,48H,28H2. The second-order valence-electron chi connectivity index (χ2n) is 12.3. The minimum atomic E-state index is 0.0370. The van der Waals surface area contributed by atoms with Gasteiger partial charge < -0.3 is 10.3 Å². The summed E-state index contributed by atoms with van der Waals surface area (Å²) in [7, 11) is 0. The van der Waals surface area contributed by atoms with Crippen molar-refractivity contribution in [2.75, 3.05) is 0 Å².